The molecule has 1 aliphatic rings. The normalized spacial score (nSPS) is 13.8. The van der Waals surface area contributed by atoms with Crippen molar-refractivity contribution in [3.05, 3.63) is 40.7 Å². The number of H-pyrrole nitrogens is 1. The summed E-state index contributed by atoms with van der Waals surface area (Å²) in [5, 5.41) is 32.6. The molecule has 39 heavy (non-hydrogen) atoms. The highest BCUT2D eigenvalue weighted by atomic mass is 33.1. The molecule has 0 saturated carbocycles. The van der Waals surface area contributed by atoms with Crippen LogP contribution in [0.3, 0.4) is 0 Å². The number of aromatic nitrogens is 7. The van der Waals surface area contributed by atoms with Crippen molar-refractivity contribution in [2.45, 2.75) is 51.2 Å². The van der Waals surface area contributed by atoms with E-state index in [0.29, 0.717) is 28.5 Å². The third-order valence-corrected chi connectivity index (χ3v) is 8.18. The lowest BCUT2D eigenvalue weighted by molar-refractivity contribution is -0.137. The van der Waals surface area contributed by atoms with Crippen LogP contribution in [0.4, 0.5) is 16.4 Å². The fourth-order valence-corrected chi connectivity index (χ4v) is 6.37. The van der Waals surface area contributed by atoms with E-state index in [4.69, 9.17) is 22.5 Å². The number of anilines is 2. The van der Waals surface area contributed by atoms with Gasteiger partial charge in [-0.25, -0.2) is 19.9 Å². The van der Waals surface area contributed by atoms with Crippen LogP contribution in [-0.4, -0.2) is 75.5 Å². The molecule has 1 fully saturated rings. The topological polar surface area (TPSA) is 196 Å². The van der Waals surface area contributed by atoms with E-state index < -0.39 is 5.97 Å². The average molecular weight is 597 g/mol. The van der Waals surface area contributed by atoms with Crippen LogP contribution in [0.2, 0.25) is 0 Å². The van der Waals surface area contributed by atoms with Gasteiger partial charge in [0.2, 0.25) is 10.7 Å². The van der Waals surface area contributed by atoms with Gasteiger partial charge in [-0.1, -0.05) is 44.4 Å². The molecule has 212 valence electrons. The Hall–Kier alpha value is -3.28. The van der Waals surface area contributed by atoms with Gasteiger partial charge in [-0.15, -0.1) is 0 Å². The van der Waals surface area contributed by atoms with E-state index in [1.807, 2.05) is 33.1 Å². The smallest absolute Gasteiger partial charge is 0.318 e. The Bertz CT molecular complexity index is 1230. The average Bonchev–Trinajstić information content (AvgIpc) is 3.58. The molecule has 1 unspecified atom stereocenters. The zero-order chi connectivity index (χ0) is 28.6. The molecule has 1 atom stereocenters. The molecule has 2 aromatic heterocycles. The molecule has 0 aliphatic carbocycles. The van der Waals surface area contributed by atoms with Gasteiger partial charge < -0.3 is 15.7 Å². The first-order valence-corrected chi connectivity index (χ1v) is 14.7. The number of carbonyl (C=O) groups is 2. The molecule has 1 aromatic carbocycles. The van der Waals surface area contributed by atoms with Crippen molar-refractivity contribution in [2.75, 3.05) is 23.6 Å². The number of tetrazole rings is 1. The number of hydrogen-bond acceptors (Lipinski definition) is 12. The highest BCUT2D eigenvalue weighted by Crippen LogP contribution is 2.39. The number of unbranched alkanes of at least 4 members (excludes halogenated alkanes) is 1. The van der Waals surface area contributed by atoms with Crippen LogP contribution in [-0.2, 0) is 4.79 Å². The van der Waals surface area contributed by atoms with Crippen LogP contribution in [0.15, 0.2) is 24.3 Å². The summed E-state index contributed by atoms with van der Waals surface area (Å²) >= 11 is 4.98. The van der Waals surface area contributed by atoms with Gasteiger partial charge in [-0.3, -0.25) is 10.0 Å². The zero-order valence-electron chi connectivity index (χ0n) is 21.7. The summed E-state index contributed by atoms with van der Waals surface area (Å²) in [5.41, 5.74) is 3.24. The summed E-state index contributed by atoms with van der Waals surface area (Å²) in [6.07, 6.45) is 4.76. The van der Waals surface area contributed by atoms with Crippen LogP contribution in [0.1, 0.15) is 43.8 Å². The first-order valence-electron chi connectivity index (χ1n) is 11.9. The van der Waals surface area contributed by atoms with Gasteiger partial charge in [-0.05, 0) is 63.5 Å². The summed E-state index contributed by atoms with van der Waals surface area (Å²) in [4.78, 5) is 32.8. The Morgan fingerprint density at radius 2 is 1.95 bits per heavy atom. The quantitative estimate of drug-likeness (QED) is 0.0940. The number of hydrogen-bond donors (Lipinski definition) is 6. The molecule has 1 aliphatic heterocycles. The van der Waals surface area contributed by atoms with Crippen molar-refractivity contribution >= 4 is 57.4 Å². The van der Waals surface area contributed by atoms with E-state index in [1.54, 1.807) is 39.1 Å². The number of aryl methyl sites for hydroxylation is 2. The van der Waals surface area contributed by atoms with Crippen LogP contribution < -0.4 is 16.1 Å². The fraction of sp³-hybridized carbons (Fsp3) is 0.455. The molecule has 17 heteroatoms. The van der Waals surface area contributed by atoms with Crippen molar-refractivity contribution in [1.29, 1.82) is 0 Å². The van der Waals surface area contributed by atoms with E-state index in [1.165, 1.54) is 23.3 Å². The highest BCUT2D eigenvalue weighted by molar-refractivity contribution is 8.77. The second-order valence-electron chi connectivity index (χ2n) is 8.01. The third kappa shape index (κ3) is 12.4. The summed E-state index contributed by atoms with van der Waals surface area (Å²) in [5.74, 6) is 1.97. The minimum absolute atomic E-state index is 0.185. The van der Waals surface area contributed by atoms with E-state index in [-0.39, 0.29) is 12.0 Å². The number of nitrogens with zero attached hydrogens (tertiary/aromatic N) is 6. The Labute approximate surface area is 238 Å². The highest BCUT2D eigenvalue weighted by Gasteiger charge is 2.15. The van der Waals surface area contributed by atoms with E-state index in [0.717, 1.165) is 23.8 Å². The number of carbonyl (C=O) groups excluding carboxylic acids is 1. The maximum absolute atomic E-state index is 11.2. The molecular weight excluding hydrogens is 565 g/mol. The van der Waals surface area contributed by atoms with E-state index in [9.17, 15) is 9.59 Å². The monoisotopic (exact) mass is 596 g/mol. The number of rotatable bonds is 8. The largest absolute Gasteiger partial charge is 0.481 e. The van der Waals surface area contributed by atoms with E-state index >= 15 is 0 Å². The molecule has 3 aromatic rings. The molecule has 4 rings (SSSR count). The van der Waals surface area contributed by atoms with Gasteiger partial charge >= 0.3 is 12.0 Å². The van der Waals surface area contributed by atoms with Gasteiger partial charge in [0, 0.05) is 30.2 Å². The maximum Gasteiger partial charge on any atom is 0.318 e. The predicted octanol–water partition coefficient (Wildman–Crippen LogP) is 4.15. The van der Waals surface area contributed by atoms with Crippen molar-refractivity contribution in [1.82, 2.24) is 40.5 Å². The van der Waals surface area contributed by atoms with Crippen LogP contribution >= 0.6 is 33.8 Å². The number of amides is 2. The minimum atomic E-state index is -0.663. The first-order chi connectivity index (χ1) is 18.7. The molecule has 0 bridgehead atoms. The Morgan fingerprint density at radius 3 is 2.51 bits per heavy atom. The molecule has 0 spiro atoms. The van der Waals surface area contributed by atoms with Gasteiger partial charge in [0.25, 0.3) is 0 Å². The number of aromatic amines is 1. The van der Waals surface area contributed by atoms with Gasteiger partial charge in [-0.2, -0.15) is 15.2 Å². The van der Waals surface area contributed by atoms with Gasteiger partial charge in [0.1, 0.15) is 11.6 Å². The molecule has 3 heterocycles. The van der Waals surface area contributed by atoms with Crippen molar-refractivity contribution < 1.29 is 19.9 Å². The molecule has 14 nitrogen and oxygen atoms in total. The number of nitrogens with one attached hydrogen (secondary N) is 4. The van der Waals surface area contributed by atoms with Crippen LogP contribution in [0.5, 0.6) is 0 Å². The molecule has 6 N–H and O–H groups in total. The zero-order valence-corrected chi connectivity index (χ0v) is 24.2. The summed E-state index contributed by atoms with van der Waals surface area (Å²) in [6.45, 7) is 3.46. The van der Waals surface area contributed by atoms with Gasteiger partial charge in [0.15, 0.2) is 0 Å². The number of benzene rings is 1. The number of urea groups is 1. The van der Waals surface area contributed by atoms with Crippen molar-refractivity contribution in [3.8, 4) is 5.69 Å². The first kappa shape index (κ1) is 31.9. The third-order valence-electron chi connectivity index (χ3n) is 4.91. The minimum Gasteiger partial charge on any atom is -0.481 e. The SMILES string of the molecule is CNC(=O)Nc1cccc(-n2[nH]nnc2=S)c1.Cc1nc(C)nc(NO)n1.O=C(O)CCCCC1CCSS1. The van der Waals surface area contributed by atoms with Crippen LogP contribution in [0.25, 0.3) is 5.69 Å². The molecule has 0 radical (unpaired) electrons. The van der Waals surface area contributed by atoms with Gasteiger partial charge in [0.05, 0.1) is 5.69 Å². The summed E-state index contributed by atoms with van der Waals surface area (Å²) in [7, 11) is 5.47. The Kier molecular flexibility index (Phi) is 14.2. The number of carboxylic acid groups (broad SMARTS) is 1. The van der Waals surface area contributed by atoms with E-state index in [2.05, 4.69) is 41.1 Å². The Morgan fingerprint density at radius 1 is 1.21 bits per heavy atom. The standard InChI is InChI=1S/C9H10N6OS.C8H14O2S2.C5H8N4O/c1-10-8(16)11-6-3-2-4-7(5-6)15-9(17)12-13-14-15;9-8(10)4-2-1-3-7-5-6-11-12-7;1-3-6-4(2)8-5(7-3)9-10/h2-5H,1H3,(H2,10,11,16)(H,12,14,17);7H,1-6H2,(H,9,10);10H,1-2H3,(H,6,7,8,9). The molecular formula is C22H32N10O4S3. The number of aliphatic carboxylic acids is 1. The predicted molar refractivity (Wildman–Crippen MR) is 154 cm³/mol. The molecule has 2 amide bonds. The van der Waals surface area contributed by atoms with Crippen LogP contribution in [0, 0.1) is 18.6 Å². The molecule has 1 saturated heterocycles. The second-order valence-corrected chi connectivity index (χ2v) is 11.2. The van der Waals surface area contributed by atoms with Crippen molar-refractivity contribution in [2.24, 2.45) is 0 Å². The lowest BCUT2D eigenvalue weighted by atomic mass is 10.1. The summed E-state index contributed by atoms with van der Waals surface area (Å²) < 4.78 is 1.85. The summed E-state index contributed by atoms with van der Waals surface area (Å²) in [6, 6.07) is 6.86. The fourth-order valence-electron chi connectivity index (χ4n) is 3.16. The maximum atomic E-state index is 11.2. The Balaban J connectivity index is 0.000000214. The lowest BCUT2D eigenvalue weighted by Crippen LogP contribution is -2.24. The van der Waals surface area contributed by atoms with Crippen molar-refractivity contribution in [3.63, 3.8) is 0 Å². The lowest BCUT2D eigenvalue weighted by Gasteiger charge is -2.06. The number of carboxylic acids is 1. The second kappa shape index (κ2) is 17.3.